The van der Waals surface area contributed by atoms with Gasteiger partial charge in [0.05, 0.1) is 16.1 Å². The monoisotopic (exact) mass is 366 g/mol. The Labute approximate surface area is 154 Å². The van der Waals surface area contributed by atoms with Crippen LogP contribution in [0, 0.1) is 12.8 Å². The summed E-state index contributed by atoms with van der Waals surface area (Å²) in [5, 5.41) is 0.949. The Balaban J connectivity index is 1.58. The number of benzene rings is 2. The minimum absolute atomic E-state index is 0.0678. The second-order valence-electron chi connectivity index (χ2n) is 6.45. The maximum absolute atomic E-state index is 12.2. The molecule has 1 aliphatic rings. The third kappa shape index (κ3) is 2.95. The lowest BCUT2D eigenvalue weighted by atomic mass is 10.1. The number of carbonyl (C=O) groups excluding carboxylic acids is 2. The predicted molar refractivity (Wildman–Crippen MR) is 103 cm³/mol. The van der Waals surface area contributed by atoms with E-state index in [1.807, 2.05) is 30.3 Å². The third-order valence-electron chi connectivity index (χ3n) is 4.61. The first-order valence-corrected chi connectivity index (χ1v) is 9.15. The molecule has 1 aromatic heterocycles. The minimum Gasteiger partial charge on any atom is -0.312 e. The van der Waals surface area contributed by atoms with Gasteiger partial charge in [-0.15, -0.1) is 11.3 Å². The van der Waals surface area contributed by atoms with Crippen molar-refractivity contribution in [2.75, 3.05) is 11.4 Å². The van der Waals surface area contributed by atoms with E-state index in [1.165, 1.54) is 5.56 Å². The van der Waals surface area contributed by atoms with E-state index in [1.54, 1.807) is 16.2 Å². The SMILES string of the molecule is Cc1ccc2nc(-c3ccc(N4CC(C(=O)NN)CC4=O)cc3)sc2c1. The summed E-state index contributed by atoms with van der Waals surface area (Å²) in [4.78, 5) is 30.2. The molecule has 0 saturated carbocycles. The van der Waals surface area contributed by atoms with Gasteiger partial charge in [0.1, 0.15) is 5.01 Å². The number of amides is 2. The summed E-state index contributed by atoms with van der Waals surface area (Å²) in [5.74, 6) is 4.40. The smallest absolute Gasteiger partial charge is 0.239 e. The van der Waals surface area contributed by atoms with Crippen LogP contribution < -0.4 is 16.2 Å². The number of aryl methyl sites for hydroxylation is 1. The first-order valence-electron chi connectivity index (χ1n) is 8.33. The number of fused-ring (bicyclic) bond motifs is 1. The summed E-state index contributed by atoms with van der Waals surface area (Å²) < 4.78 is 1.16. The molecule has 0 bridgehead atoms. The van der Waals surface area contributed by atoms with E-state index in [0.29, 0.717) is 6.54 Å². The normalized spacial score (nSPS) is 17.1. The molecule has 1 aliphatic heterocycles. The van der Waals surface area contributed by atoms with Crippen molar-refractivity contribution in [3.8, 4) is 10.6 Å². The van der Waals surface area contributed by atoms with Crippen LogP contribution in [0.3, 0.4) is 0 Å². The molecule has 26 heavy (non-hydrogen) atoms. The molecule has 1 saturated heterocycles. The average Bonchev–Trinajstić information content (AvgIpc) is 3.24. The molecule has 0 radical (unpaired) electrons. The number of nitrogens with two attached hydrogens (primary N) is 1. The van der Waals surface area contributed by atoms with Crippen molar-refractivity contribution in [3.05, 3.63) is 48.0 Å². The van der Waals surface area contributed by atoms with Gasteiger partial charge in [0.2, 0.25) is 11.8 Å². The Kier molecular flexibility index (Phi) is 4.18. The zero-order valence-electron chi connectivity index (χ0n) is 14.2. The fraction of sp³-hybridized carbons (Fsp3) is 0.211. The van der Waals surface area contributed by atoms with Gasteiger partial charge < -0.3 is 4.90 Å². The lowest BCUT2D eigenvalue weighted by molar-refractivity contribution is -0.126. The van der Waals surface area contributed by atoms with Crippen LogP contribution in [0.5, 0.6) is 0 Å². The average molecular weight is 366 g/mol. The lowest BCUT2D eigenvalue weighted by Gasteiger charge is -2.16. The molecule has 7 heteroatoms. The van der Waals surface area contributed by atoms with Gasteiger partial charge in [0.15, 0.2) is 0 Å². The zero-order chi connectivity index (χ0) is 18.3. The molecular weight excluding hydrogens is 348 g/mol. The maximum Gasteiger partial charge on any atom is 0.239 e. The number of rotatable bonds is 3. The Hall–Kier alpha value is -2.77. The fourth-order valence-corrected chi connectivity index (χ4v) is 4.26. The summed E-state index contributed by atoms with van der Waals surface area (Å²) in [5.41, 5.74) is 6.12. The van der Waals surface area contributed by atoms with Gasteiger partial charge >= 0.3 is 0 Å². The molecule has 0 spiro atoms. The van der Waals surface area contributed by atoms with Gasteiger partial charge in [-0.2, -0.15) is 0 Å². The topological polar surface area (TPSA) is 88.3 Å². The van der Waals surface area contributed by atoms with Crippen LogP contribution >= 0.6 is 11.3 Å². The quantitative estimate of drug-likeness (QED) is 0.424. The Morgan fingerprint density at radius 2 is 2.04 bits per heavy atom. The Morgan fingerprint density at radius 3 is 2.77 bits per heavy atom. The van der Waals surface area contributed by atoms with Crippen LogP contribution in [-0.2, 0) is 9.59 Å². The molecule has 1 fully saturated rings. The highest BCUT2D eigenvalue weighted by Crippen LogP contribution is 2.32. The van der Waals surface area contributed by atoms with Crippen molar-refractivity contribution < 1.29 is 9.59 Å². The van der Waals surface area contributed by atoms with Gasteiger partial charge in [0, 0.05) is 24.2 Å². The molecule has 2 amide bonds. The second kappa shape index (κ2) is 6.51. The standard InChI is InChI=1S/C19H18N4O2S/c1-11-2-7-15-16(8-11)26-19(21-15)12-3-5-14(6-4-12)23-10-13(9-17(23)24)18(25)22-20/h2-8,13H,9-10,20H2,1H3,(H,22,25). The van der Waals surface area contributed by atoms with Gasteiger partial charge in [-0.05, 0) is 48.9 Å². The summed E-state index contributed by atoms with van der Waals surface area (Å²) in [6.07, 6.45) is 0.183. The minimum atomic E-state index is -0.403. The summed E-state index contributed by atoms with van der Waals surface area (Å²) in [6.45, 7) is 2.42. The molecule has 4 rings (SSSR count). The van der Waals surface area contributed by atoms with E-state index in [-0.39, 0.29) is 18.2 Å². The predicted octanol–water partition coefficient (Wildman–Crippen LogP) is 2.61. The molecule has 1 unspecified atom stereocenters. The Morgan fingerprint density at radius 1 is 1.27 bits per heavy atom. The number of hydrogen-bond acceptors (Lipinski definition) is 5. The number of anilines is 1. The van der Waals surface area contributed by atoms with E-state index in [9.17, 15) is 9.59 Å². The first kappa shape index (κ1) is 16.7. The number of carbonyl (C=O) groups is 2. The van der Waals surface area contributed by atoms with E-state index in [0.717, 1.165) is 26.5 Å². The van der Waals surface area contributed by atoms with Crippen molar-refractivity contribution in [3.63, 3.8) is 0 Å². The van der Waals surface area contributed by atoms with Crippen molar-refractivity contribution in [1.82, 2.24) is 10.4 Å². The van der Waals surface area contributed by atoms with Crippen LogP contribution in [-0.4, -0.2) is 23.3 Å². The largest absolute Gasteiger partial charge is 0.312 e. The zero-order valence-corrected chi connectivity index (χ0v) is 15.0. The lowest BCUT2D eigenvalue weighted by Crippen LogP contribution is -2.37. The third-order valence-corrected chi connectivity index (χ3v) is 5.68. The Bertz CT molecular complexity index is 996. The van der Waals surface area contributed by atoms with Gasteiger partial charge in [0.25, 0.3) is 0 Å². The molecule has 3 aromatic rings. The highest BCUT2D eigenvalue weighted by atomic mass is 32.1. The van der Waals surface area contributed by atoms with Crippen LogP contribution in [0.2, 0.25) is 0 Å². The van der Waals surface area contributed by atoms with Crippen LogP contribution in [0.15, 0.2) is 42.5 Å². The van der Waals surface area contributed by atoms with Crippen LogP contribution in [0.1, 0.15) is 12.0 Å². The summed E-state index contributed by atoms with van der Waals surface area (Å²) >= 11 is 1.65. The maximum atomic E-state index is 12.2. The molecule has 2 heterocycles. The van der Waals surface area contributed by atoms with Crippen molar-refractivity contribution in [2.24, 2.45) is 11.8 Å². The van der Waals surface area contributed by atoms with E-state index < -0.39 is 5.92 Å². The molecule has 132 valence electrons. The molecule has 2 aromatic carbocycles. The van der Waals surface area contributed by atoms with E-state index >= 15 is 0 Å². The number of hydrogen-bond donors (Lipinski definition) is 2. The number of hydrazine groups is 1. The fourth-order valence-electron chi connectivity index (χ4n) is 3.19. The number of aromatic nitrogens is 1. The van der Waals surface area contributed by atoms with Crippen LogP contribution in [0.25, 0.3) is 20.8 Å². The number of nitrogens with zero attached hydrogens (tertiary/aromatic N) is 2. The summed E-state index contributed by atoms with van der Waals surface area (Å²) in [6, 6.07) is 13.9. The number of nitrogens with one attached hydrogen (secondary N) is 1. The summed E-state index contributed by atoms with van der Waals surface area (Å²) in [7, 11) is 0. The van der Waals surface area contributed by atoms with Gasteiger partial charge in [-0.3, -0.25) is 15.0 Å². The highest BCUT2D eigenvalue weighted by molar-refractivity contribution is 7.21. The molecule has 1 atom stereocenters. The van der Waals surface area contributed by atoms with Crippen LogP contribution in [0.4, 0.5) is 5.69 Å². The number of thiazole rings is 1. The highest BCUT2D eigenvalue weighted by Gasteiger charge is 2.34. The van der Waals surface area contributed by atoms with Crippen molar-refractivity contribution in [2.45, 2.75) is 13.3 Å². The molecule has 0 aliphatic carbocycles. The second-order valence-corrected chi connectivity index (χ2v) is 7.48. The first-order chi connectivity index (χ1) is 12.5. The van der Waals surface area contributed by atoms with Gasteiger partial charge in [-0.1, -0.05) is 6.07 Å². The molecule has 6 nitrogen and oxygen atoms in total. The van der Waals surface area contributed by atoms with E-state index in [2.05, 4.69) is 29.5 Å². The van der Waals surface area contributed by atoms with Crippen molar-refractivity contribution >= 4 is 39.1 Å². The van der Waals surface area contributed by atoms with Gasteiger partial charge in [-0.25, -0.2) is 10.8 Å². The van der Waals surface area contributed by atoms with E-state index in [4.69, 9.17) is 5.84 Å². The molecular formula is C19H18N4O2S. The molecule has 3 N–H and O–H groups in total. The van der Waals surface area contributed by atoms with Crippen molar-refractivity contribution in [1.29, 1.82) is 0 Å².